The van der Waals surface area contributed by atoms with E-state index in [2.05, 4.69) is 4.98 Å². The first-order chi connectivity index (χ1) is 12.0. The summed E-state index contributed by atoms with van der Waals surface area (Å²) >= 11 is 0. The van der Waals surface area contributed by atoms with Crippen molar-refractivity contribution in [3.05, 3.63) is 23.9 Å². The Morgan fingerprint density at radius 2 is 1.96 bits per heavy atom. The Balaban J connectivity index is 1.98. The molecule has 1 aliphatic carbocycles. The Kier molecular flexibility index (Phi) is 5.40. The fraction of sp³-hybridized carbons (Fsp3) is 0.650. The fourth-order valence-corrected chi connectivity index (χ4v) is 3.61. The number of hydrogen-bond donors (Lipinski definition) is 0. The molecule has 2 aliphatic rings. The first kappa shape index (κ1) is 17.9. The minimum Gasteiger partial charge on any atom is -0.443 e. The highest BCUT2D eigenvalue weighted by Crippen LogP contribution is 2.32. The molecule has 0 bridgehead atoms. The Morgan fingerprint density at radius 1 is 1.20 bits per heavy atom. The van der Waals surface area contributed by atoms with Gasteiger partial charge in [0.1, 0.15) is 11.4 Å². The SMILES string of the molecule is CC(C)(C)OC(=O)N(c1ncccc1C1=NCCCC1)C1CCCC1. The molecule has 0 N–H and O–H groups in total. The maximum absolute atomic E-state index is 13.0. The number of nitrogens with zero attached hydrogens (tertiary/aromatic N) is 3. The van der Waals surface area contributed by atoms with Crippen molar-refractivity contribution in [2.45, 2.75) is 77.4 Å². The minimum absolute atomic E-state index is 0.160. The molecule has 3 rings (SSSR count). The number of pyridine rings is 1. The molecule has 1 saturated carbocycles. The zero-order valence-electron chi connectivity index (χ0n) is 15.6. The van der Waals surface area contributed by atoms with Gasteiger partial charge in [0.15, 0.2) is 0 Å². The van der Waals surface area contributed by atoms with Gasteiger partial charge in [-0.1, -0.05) is 12.8 Å². The number of rotatable bonds is 3. The van der Waals surface area contributed by atoms with Crippen molar-refractivity contribution >= 4 is 17.6 Å². The standard InChI is InChI=1S/C20H29N3O2/c1-20(2,3)25-19(24)23(15-9-4-5-10-15)18-16(11-8-14-22-18)17-12-6-7-13-21-17/h8,11,14-15H,4-7,9-10,12-13H2,1-3H3. The maximum atomic E-state index is 13.0. The summed E-state index contributed by atoms with van der Waals surface area (Å²) in [6, 6.07) is 4.13. The van der Waals surface area contributed by atoms with Crippen molar-refractivity contribution in [2.75, 3.05) is 11.4 Å². The molecule has 25 heavy (non-hydrogen) atoms. The van der Waals surface area contributed by atoms with Gasteiger partial charge in [0, 0.05) is 30.1 Å². The molecule has 0 spiro atoms. The molecular formula is C20H29N3O2. The fourth-order valence-electron chi connectivity index (χ4n) is 3.61. The van der Waals surface area contributed by atoms with E-state index < -0.39 is 5.60 Å². The highest BCUT2D eigenvalue weighted by molar-refractivity contribution is 6.07. The molecule has 0 unspecified atom stereocenters. The van der Waals surface area contributed by atoms with Crippen molar-refractivity contribution in [3.8, 4) is 0 Å². The second kappa shape index (κ2) is 7.54. The van der Waals surface area contributed by atoms with Gasteiger partial charge in [0.2, 0.25) is 0 Å². The topological polar surface area (TPSA) is 54.8 Å². The number of carbonyl (C=O) groups is 1. The third kappa shape index (κ3) is 4.39. The average molecular weight is 343 g/mol. The molecule has 1 aromatic rings. The molecule has 136 valence electrons. The smallest absolute Gasteiger partial charge is 0.416 e. The molecule has 0 atom stereocenters. The van der Waals surface area contributed by atoms with Crippen LogP contribution >= 0.6 is 0 Å². The Labute approximate surface area is 150 Å². The highest BCUT2D eigenvalue weighted by Gasteiger charge is 2.34. The minimum atomic E-state index is -0.523. The summed E-state index contributed by atoms with van der Waals surface area (Å²) in [4.78, 5) is 24.1. The lowest BCUT2D eigenvalue weighted by Gasteiger charge is -2.32. The zero-order chi connectivity index (χ0) is 17.9. The Morgan fingerprint density at radius 3 is 2.60 bits per heavy atom. The zero-order valence-corrected chi connectivity index (χ0v) is 15.6. The lowest BCUT2D eigenvalue weighted by atomic mass is 10.0. The summed E-state index contributed by atoms with van der Waals surface area (Å²) in [7, 11) is 0. The lowest BCUT2D eigenvalue weighted by molar-refractivity contribution is 0.0564. The second-order valence-corrected chi connectivity index (χ2v) is 7.95. The van der Waals surface area contributed by atoms with Crippen LogP contribution < -0.4 is 4.90 Å². The van der Waals surface area contributed by atoms with Gasteiger partial charge < -0.3 is 4.74 Å². The Hall–Kier alpha value is -1.91. The van der Waals surface area contributed by atoms with E-state index in [0.717, 1.165) is 62.8 Å². The molecule has 1 fully saturated rings. The number of carbonyl (C=O) groups excluding carboxylic acids is 1. The number of amides is 1. The van der Waals surface area contributed by atoms with Crippen molar-refractivity contribution in [3.63, 3.8) is 0 Å². The van der Waals surface area contributed by atoms with Crippen LogP contribution in [0.2, 0.25) is 0 Å². The molecule has 1 aromatic heterocycles. The molecule has 0 radical (unpaired) electrons. The molecular weight excluding hydrogens is 314 g/mol. The van der Waals surface area contributed by atoms with Gasteiger partial charge in [-0.15, -0.1) is 0 Å². The predicted molar refractivity (Wildman–Crippen MR) is 100 cm³/mol. The molecule has 1 amide bonds. The molecule has 2 heterocycles. The van der Waals surface area contributed by atoms with Gasteiger partial charge in [-0.3, -0.25) is 9.89 Å². The summed E-state index contributed by atoms with van der Waals surface area (Å²) < 4.78 is 5.72. The predicted octanol–water partition coefficient (Wildman–Crippen LogP) is 4.74. The normalized spacial score (nSPS) is 18.8. The Bertz CT molecular complexity index is 643. The van der Waals surface area contributed by atoms with E-state index in [4.69, 9.17) is 9.73 Å². The van der Waals surface area contributed by atoms with E-state index in [9.17, 15) is 4.79 Å². The van der Waals surface area contributed by atoms with E-state index in [1.807, 2.05) is 32.9 Å². The lowest BCUT2D eigenvalue weighted by Crippen LogP contribution is -2.43. The summed E-state index contributed by atoms with van der Waals surface area (Å²) in [6.07, 6.45) is 8.99. The molecule has 0 saturated heterocycles. The van der Waals surface area contributed by atoms with Crippen LogP contribution in [0.25, 0.3) is 0 Å². The van der Waals surface area contributed by atoms with Gasteiger partial charge in [0.05, 0.1) is 0 Å². The van der Waals surface area contributed by atoms with Gasteiger partial charge in [-0.05, 0) is 65.0 Å². The molecule has 1 aliphatic heterocycles. The number of aromatic nitrogens is 1. The van der Waals surface area contributed by atoms with Crippen LogP contribution in [0.4, 0.5) is 10.6 Å². The number of hydrogen-bond acceptors (Lipinski definition) is 4. The van der Waals surface area contributed by atoms with E-state index in [1.165, 1.54) is 0 Å². The molecule has 5 heteroatoms. The first-order valence-corrected chi connectivity index (χ1v) is 9.46. The van der Waals surface area contributed by atoms with E-state index in [1.54, 1.807) is 11.1 Å². The van der Waals surface area contributed by atoms with Crippen molar-refractivity contribution in [2.24, 2.45) is 4.99 Å². The van der Waals surface area contributed by atoms with Crippen molar-refractivity contribution in [1.82, 2.24) is 4.98 Å². The number of aliphatic imine (C=N–C) groups is 1. The van der Waals surface area contributed by atoms with E-state index in [-0.39, 0.29) is 12.1 Å². The van der Waals surface area contributed by atoms with Gasteiger partial charge >= 0.3 is 6.09 Å². The van der Waals surface area contributed by atoms with Crippen LogP contribution in [0.15, 0.2) is 23.3 Å². The summed E-state index contributed by atoms with van der Waals surface area (Å²) in [6.45, 7) is 6.58. The third-order valence-corrected chi connectivity index (χ3v) is 4.73. The molecule has 0 aromatic carbocycles. The highest BCUT2D eigenvalue weighted by atomic mass is 16.6. The van der Waals surface area contributed by atoms with Gasteiger partial charge in [-0.25, -0.2) is 9.78 Å². The molecule has 5 nitrogen and oxygen atoms in total. The second-order valence-electron chi connectivity index (χ2n) is 7.95. The van der Waals surface area contributed by atoms with Crippen LogP contribution in [0.5, 0.6) is 0 Å². The number of ether oxygens (including phenoxy) is 1. The van der Waals surface area contributed by atoms with E-state index in [0.29, 0.717) is 5.82 Å². The summed E-state index contributed by atoms with van der Waals surface area (Å²) in [5.74, 6) is 0.712. The van der Waals surface area contributed by atoms with Crippen LogP contribution in [0.1, 0.15) is 71.3 Å². The third-order valence-electron chi connectivity index (χ3n) is 4.73. The van der Waals surface area contributed by atoms with Crippen LogP contribution in [-0.2, 0) is 4.74 Å². The van der Waals surface area contributed by atoms with Crippen LogP contribution in [-0.4, -0.2) is 35.0 Å². The average Bonchev–Trinajstić information content (AvgIpc) is 3.09. The summed E-state index contributed by atoms with van der Waals surface area (Å²) in [5, 5.41) is 0. The summed E-state index contributed by atoms with van der Waals surface area (Å²) in [5.41, 5.74) is 1.53. The monoisotopic (exact) mass is 343 g/mol. The first-order valence-electron chi connectivity index (χ1n) is 9.46. The largest absolute Gasteiger partial charge is 0.443 e. The van der Waals surface area contributed by atoms with Gasteiger partial charge in [-0.2, -0.15) is 0 Å². The maximum Gasteiger partial charge on any atom is 0.416 e. The number of anilines is 1. The van der Waals surface area contributed by atoms with Gasteiger partial charge in [0.25, 0.3) is 0 Å². The van der Waals surface area contributed by atoms with Crippen LogP contribution in [0.3, 0.4) is 0 Å². The van der Waals surface area contributed by atoms with Crippen LogP contribution in [0, 0.1) is 0 Å². The van der Waals surface area contributed by atoms with E-state index >= 15 is 0 Å². The quantitative estimate of drug-likeness (QED) is 0.796. The van der Waals surface area contributed by atoms with Crippen molar-refractivity contribution in [1.29, 1.82) is 0 Å². The van der Waals surface area contributed by atoms with Crippen molar-refractivity contribution < 1.29 is 9.53 Å².